The van der Waals surface area contributed by atoms with Crippen LogP contribution in [0.3, 0.4) is 0 Å². The average molecular weight is 152 g/mol. The van der Waals surface area contributed by atoms with Gasteiger partial charge in [0, 0.05) is 0 Å². The van der Waals surface area contributed by atoms with Crippen LogP contribution in [0.15, 0.2) is 11.1 Å². The Morgan fingerprint density at radius 1 is 1.55 bits per heavy atom. The van der Waals surface area contributed by atoms with Crippen molar-refractivity contribution in [2.75, 3.05) is 0 Å². The fraction of sp³-hybridized carbons (Fsp3) is 0.700. The Hall–Kier alpha value is -0.590. The zero-order valence-corrected chi connectivity index (χ0v) is 7.55. The number of hydrogen-bond acceptors (Lipinski definition) is 1. The third kappa shape index (κ3) is 1.52. The fourth-order valence-corrected chi connectivity index (χ4v) is 1.87. The van der Waals surface area contributed by atoms with E-state index >= 15 is 0 Å². The zero-order valence-electron chi connectivity index (χ0n) is 7.55. The molecule has 1 nitrogen and oxygen atoms in total. The quantitative estimate of drug-likeness (QED) is 0.556. The van der Waals surface area contributed by atoms with E-state index < -0.39 is 0 Å². The third-order valence-corrected chi connectivity index (χ3v) is 2.65. The minimum Gasteiger partial charge on any atom is -0.298 e. The van der Waals surface area contributed by atoms with Crippen LogP contribution in [-0.2, 0) is 4.79 Å². The maximum Gasteiger partial charge on any atom is 0.146 e. The van der Waals surface area contributed by atoms with Gasteiger partial charge in [0.15, 0.2) is 0 Å². The van der Waals surface area contributed by atoms with Crippen molar-refractivity contribution in [2.24, 2.45) is 11.8 Å². The topological polar surface area (TPSA) is 17.1 Å². The van der Waals surface area contributed by atoms with Crippen LogP contribution >= 0.6 is 0 Å². The van der Waals surface area contributed by atoms with Gasteiger partial charge in [-0.1, -0.05) is 19.4 Å². The van der Waals surface area contributed by atoms with Gasteiger partial charge in [0.1, 0.15) is 6.29 Å². The Kier molecular flexibility index (Phi) is 2.48. The van der Waals surface area contributed by atoms with E-state index in [2.05, 4.69) is 20.8 Å². The van der Waals surface area contributed by atoms with Gasteiger partial charge in [-0.2, -0.15) is 0 Å². The second-order valence-corrected chi connectivity index (χ2v) is 3.74. The highest BCUT2D eigenvalue weighted by Gasteiger charge is 2.24. The summed E-state index contributed by atoms with van der Waals surface area (Å²) < 4.78 is 0. The van der Waals surface area contributed by atoms with Crippen molar-refractivity contribution in [3.05, 3.63) is 11.1 Å². The average Bonchev–Trinajstić information content (AvgIpc) is 2.30. The highest BCUT2D eigenvalue weighted by atomic mass is 16.1. The monoisotopic (exact) mass is 152 g/mol. The van der Waals surface area contributed by atoms with E-state index in [-0.39, 0.29) is 0 Å². The van der Waals surface area contributed by atoms with Crippen LogP contribution < -0.4 is 0 Å². The molecule has 0 heterocycles. The Morgan fingerprint density at radius 3 is 2.55 bits per heavy atom. The van der Waals surface area contributed by atoms with Crippen molar-refractivity contribution in [1.82, 2.24) is 0 Å². The number of carbonyl (C=O) groups is 1. The summed E-state index contributed by atoms with van der Waals surface area (Å²) in [6.07, 6.45) is 3.35. The van der Waals surface area contributed by atoms with Gasteiger partial charge < -0.3 is 0 Å². The Bertz CT molecular complexity index is 189. The molecule has 0 saturated heterocycles. The summed E-state index contributed by atoms with van der Waals surface area (Å²) in [6.45, 7) is 6.45. The van der Waals surface area contributed by atoms with Crippen LogP contribution in [-0.4, -0.2) is 6.29 Å². The summed E-state index contributed by atoms with van der Waals surface area (Å²) in [6, 6.07) is 0. The van der Waals surface area contributed by atoms with Crippen LogP contribution in [0, 0.1) is 11.8 Å². The van der Waals surface area contributed by atoms with E-state index in [1.165, 1.54) is 12.0 Å². The maximum absolute atomic E-state index is 10.7. The fourth-order valence-electron chi connectivity index (χ4n) is 1.87. The molecule has 0 N–H and O–H groups in total. The van der Waals surface area contributed by atoms with E-state index in [0.717, 1.165) is 18.3 Å². The summed E-state index contributed by atoms with van der Waals surface area (Å²) in [5.41, 5.74) is 2.37. The summed E-state index contributed by atoms with van der Waals surface area (Å²) in [4.78, 5) is 10.7. The lowest BCUT2D eigenvalue weighted by Gasteiger charge is -2.14. The van der Waals surface area contributed by atoms with Crippen molar-refractivity contribution in [2.45, 2.75) is 33.6 Å². The van der Waals surface area contributed by atoms with Gasteiger partial charge in [-0.25, -0.2) is 0 Å². The molecule has 0 aromatic heterocycles. The van der Waals surface area contributed by atoms with E-state index in [0.29, 0.717) is 11.8 Å². The van der Waals surface area contributed by atoms with Crippen LogP contribution in [0.2, 0.25) is 0 Å². The Labute approximate surface area is 68.5 Å². The first-order valence-electron chi connectivity index (χ1n) is 4.31. The molecule has 11 heavy (non-hydrogen) atoms. The second-order valence-electron chi connectivity index (χ2n) is 3.74. The minimum absolute atomic E-state index is 0.535. The molecular formula is C10H16O. The SMILES string of the molecule is CC1=C(C=O)[C@@H](C(C)C)CC1. The number of hydrogen-bond donors (Lipinski definition) is 0. The van der Waals surface area contributed by atoms with Crippen LogP contribution in [0.5, 0.6) is 0 Å². The van der Waals surface area contributed by atoms with Gasteiger partial charge in [0.05, 0.1) is 0 Å². The van der Waals surface area contributed by atoms with Crippen molar-refractivity contribution < 1.29 is 4.79 Å². The standard InChI is InChI=1S/C10H16O/c1-7(2)9-5-4-8(3)10(9)6-11/h6-7,9H,4-5H2,1-3H3/t9-/m1/s1. The molecule has 0 aromatic rings. The lowest BCUT2D eigenvalue weighted by atomic mass is 9.90. The van der Waals surface area contributed by atoms with Crippen LogP contribution in [0.4, 0.5) is 0 Å². The molecule has 0 bridgehead atoms. The molecule has 0 amide bonds. The van der Waals surface area contributed by atoms with Gasteiger partial charge in [-0.15, -0.1) is 0 Å². The normalized spacial score (nSPS) is 24.9. The first-order valence-corrected chi connectivity index (χ1v) is 4.31. The zero-order chi connectivity index (χ0) is 8.43. The number of allylic oxidation sites excluding steroid dienone is 2. The largest absolute Gasteiger partial charge is 0.298 e. The molecule has 0 spiro atoms. The summed E-state index contributed by atoms with van der Waals surface area (Å²) >= 11 is 0. The van der Waals surface area contributed by atoms with E-state index in [1.54, 1.807) is 0 Å². The lowest BCUT2D eigenvalue weighted by Crippen LogP contribution is -2.08. The van der Waals surface area contributed by atoms with Gasteiger partial charge in [-0.3, -0.25) is 4.79 Å². The van der Waals surface area contributed by atoms with Crippen molar-refractivity contribution in [1.29, 1.82) is 0 Å². The molecular weight excluding hydrogens is 136 g/mol. The van der Waals surface area contributed by atoms with Crippen molar-refractivity contribution in [3.63, 3.8) is 0 Å². The third-order valence-electron chi connectivity index (χ3n) is 2.65. The highest BCUT2D eigenvalue weighted by molar-refractivity contribution is 5.76. The smallest absolute Gasteiger partial charge is 0.146 e. The predicted molar refractivity (Wildman–Crippen MR) is 46.3 cm³/mol. The molecule has 0 radical (unpaired) electrons. The number of aldehydes is 1. The summed E-state index contributed by atoms with van der Waals surface area (Å²) in [5.74, 6) is 1.15. The van der Waals surface area contributed by atoms with E-state index in [1.807, 2.05) is 0 Å². The van der Waals surface area contributed by atoms with Gasteiger partial charge >= 0.3 is 0 Å². The van der Waals surface area contributed by atoms with Gasteiger partial charge in [0.2, 0.25) is 0 Å². The van der Waals surface area contributed by atoms with Gasteiger partial charge in [0.25, 0.3) is 0 Å². The summed E-state index contributed by atoms with van der Waals surface area (Å²) in [5, 5.41) is 0. The molecule has 0 fully saturated rings. The molecule has 1 rings (SSSR count). The van der Waals surface area contributed by atoms with Gasteiger partial charge in [-0.05, 0) is 37.2 Å². The molecule has 0 saturated carbocycles. The first kappa shape index (κ1) is 8.51. The Balaban J connectivity index is 2.80. The van der Waals surface area contributed by atoms with E-state index in [4.69, 9.17) is 0 Å². The van der Waals surface area contributed by atoms with Crippen molar-refractivity contribution >= 4 is 6.29 Å². The predicted octanol–water partition coefficient (Wildman–Crippen LogP) is 2.57. The maximum atomic E-state index is 10.7. The number of rotatable bonds is 2. The molecule has 0 aromatic carbocycles. The molecule has 1 aliphatic carbocycles. The van der Waals surface area contributed by atoms with E-state index in [9.17, 15) is 4.79 Å². The summed E-state index contributed by atoms with van der Waals surface area (Å²) in [7, 11) is 0. The Morgan fingerprint density at radius 2 is 2.18 bits per heavy atom. The molecule has 0 aliphatic heterocycles. The van der Waals surface area contributed by atoms with Crippen LogP contribution in [0.25, 0.3) is 0 Å². The molecule has 1 heteroatoms. The minimum atomic E-state index is 0.535. The lowest BCUT2D eigenvalue weighted by molar-refractivity contribution is -0.105. The number of carbonyl (C=O) groups excluding carboxylic acids is 1. The highest BCUT2D eigenvalue weighted by Crippen LogP contribution is 2.35. The molecule has 0 unspecified atom stereocenters. The first-order chi connectivity index (χ1) is 5.16. The molecule has 1 atom stereocenters. The van der Waals surface area contributed by atoms with Crippen molar-refractivity contribution in [3.8, 4) is 0 Å². The molecule has 1 aliphatic rings. The molecule has 62 valence electrons. The van der Waals surface area contributed by atoms with Crippen LogP contribution in [0.1, 0.15) is 33.6 Å². The second kappa shape index (κ2) is 3.21.